The van der Waals surface area contributed by atoms with Crippen LogP contribution in [-0.2, 0) is 0 Å². The molecule has 1 amide bonds. The van der Waals surface area contributed by atoms with E-state index in [9.17, 15) is 4.79 Å². The lowest BCUT2D eigenvalue weighted by molar-refractivity contribution is -0.103. The highest BCUT2D eigenvalue weighted by atomic mass is 35.5. The Hall–Kier alpha value is -2.65. The molecule has 0 N–H and O–H groups in total. The van der Waals surface area contributed by atoms with E-state index in [0.29, 0.717) is 22.2 Å². The first-order chi connectivity index (χ1) is 12.1. The molecule has 0 unspecified atom stereocenters. The molecule has 1 spiro atoms. The average Bonchev–Trinajstić information content (AvgIpc) is 2.56. The van der Waals surface area contributed by atoms with Gasteiger partial charge in [-0.3, -0.25) is 9.78 Å². The van der Waals surface area contributed by atoms with Crippen LogP contribution in [0.15, 0.2) is 36.8 Å². The van der Waals surface area contributed by atoms with Crippen molar-refractivity contribution >= 4 is 23.2 Å². The largest absolute Gasteiger partial charge is 0.490 e. The lowest BCUT2D eigenvalue weighted by Crippen LogP contribution is -2.65. The standard InChI is InChI=1S/C18H15ClN4O2/c1-20-15-3-2-12(6-14(15)19)25-13-7-18(8-13)10-23(11-18)17(24)16-9-21-4-5-22-16/h2-6,9,13H,7-8,10-11H2. The number of halogens is 1. The molecule has 0 atom stereocenters. The molecule has 126 valence electrons. The summed E-state index contributed by atoms with van der Waals surface area (Å²) in [6.45, 7) is 8.48. The van der Waals surface area contributed by atoms with E-state index in [2.05, 4.69) is 14.8 Å². The van der Waals surface area contributed by atoms with Gasteiger partial charge in [0.15, 0.2) is 0 Å². The molecule has 0 bridgehead atoms. The molecule has 1 saturated heterocycles. The Morgan fingerprint density at radius 2 is 2.16 bits per heavy atom. The van der Waals surface area contributed by atoms with Crippen molar-refractivity contribution in [1.82, 2.24) is 14.9 Å². The molecule has 7 heteroatoms. The van der Waals surface area contributed by atoms with Crippen molar-refractivity contribution in [2.75, 3.05) is 13.1 Å². The first-order valence-corrected chi connectivity index (χ1v) is 8.35. The van der Waals surface area contributed by atoms with E-state index < -0.39 is 0 Å². The van der Waals surface area contributed by atoms with Gasteiger partial charge in [-0.05, 0) is 25.0 Å². The Kier molecular flexibility index (Phi) is 3.81. The molecule has 0 radical (unpaired) electrons. The van der Waals surface area contributed by atoms with Gasteiger partial charge in [0.25, 0.3) is 5.91 Å². The number of carbonyl (C=O) groups is 1. The fourth-order valence-corrected chi connectivity index (χ4v) is 3.78. The van der Waals surface area contributed by atoms with Gasteiger partial charge in [0.05, 0.1) is 17.8 Å². The molecule has 1 aliphatic heterocycles. The van der Waals surface area contributed by atoms with Crippen LogP contribution < -0.4 is 4.74 Å². The second-order valence-corrected chi connectivity index (χ2v) is 7.03. The van der Waals surface area contributed by atoms with Crippen LogP contribution in [0.4, 0.5) is 5.69 Å². The van der Waals surface area contributed by atoms with Gasteiger partial charge in [-0.15, -0.1) is 0 Å². The smallest absolute Gasteiger partial charge is 0.274 e. The SMILES string of the molecule is [C-]#[N+]c1ccc(OC2CC3(C2)CN(C(=O)c2cnccn2)C3)cc1Cl. The van der Waals surface area contributed by atoms with Gasteiger partial charge in [-0.1, -0.05) is 17.7 Å². The van der Waals surface area contributed by atoms with Crippen molar-refractivity contribution in [2.24, 2.45) is 5.41 Å². The molecule has 1 aliphatic carbocycles. The van der Waals surface area contributed by atoms with Crippen molar-refractivity contribution in [2.45, 2.75) is 18.9 Å². The summed E-state index contributed by atoms with van der Waals surface area (Å²) < 4.78 is 5.93. The predicted octanol–water partition coefficient (Wildman–Crippen LogP) is 3.36. The number of amides is 1. The minimum Gasteiger partial charge on any atom is -0.490 e. The summed E-state index contributed by atoms with van der Waals surface area (Å²) >= 11 is 6.03. The molecule has 25 heavy (non-hydrogen) atoms. The first kappa shape index (κ1) is 15.9. The monoisotopic (exact) mass is 354 g/mol. The quantitative estimate of drug-likeness (QED) is 0.793. The molecule has 1 aromatic carbocycles. The number of ether oxygens (including phenoxy) is 1. The zero-order valence-electron chi connectivity index (χ0n) is 13.4. The minimum atomic E-state index is -0.0652. The Morgan fingerprint density at radius 1 is 1.36 bits per heavy atom. The van der Waals surface area contributed by atoms with Crippen molar-refractivity contribution in [1.29, 1.82) is 0 Å². The zero-order chi connectivity index (χ0) is 17.4. The molecule has 2 aliphatic rings. The lowest BCUT2D eigenvalue weighted by Gasteiger charge is -2.58. The fraction of sp³-hybridized carbons (Fsp3) is 0.333. The summed E-state index contributed by atoms with van der Waals surface area (Å²) in [5.41, 5.74) is 0.984. The Balaban J connectivity index is 1.30. The van der Waals surface area contributed by atoms with E-state index in [1.807, 2.05) is 4.90 Å². The van der Waals surface area contributed by atoms with Gasteiger partial charge in [0.1, 0.15) is 17.5 Å². The van der Waals surface area contributed by atoms with Crippen LogP contribution >= 0.6 is 11.6 Å². The lowest BCUT2D eigenvalue weighted by atomic mass is 9.61. The topological polar surface area (TPSA) is 59.7 Å². The van der Waals surface area contributed by atoms with E-state index in [1.54, 1.807) is 24.4 Å². The Labute approximate surface area is 150 Å². The summed E-state index contributed by atoms with van der Waals surface area (Å²) in [7, 11) is 0. The third kappa shape index (κ3) is 2.92. The van der Waals surface area contributed by atoms with Crippen LogP contribution in [0.5, 0.6) is 5.75 Å². The van der Waals surface area contributed by atoms with Gasteiger partial charge < -0.3 is 9.64 Å². The van der Waals surface area contributed by atoms with E-state index in [0.717, 1.165) is 25.9 Å². The van der Waals surface area contributed by atoms with Gasteiger partial charge in [0, 0.05) is 30.9 Å². The molecule has 2 aromatic rings. The molecule has 2 heterocycles. The Morgan fingerprint density at radius 3 is 2.80 bits per heavy atom. The summed E-state index contributed by atoms with van der Waals surface area (Å²) in [5.74, 6) is 0.619. The van der Waals surface area contributed by atoms with E-state index in [4.69, 9.17) is 22.9 Å². The first-order valence-electron chi connectivity index (χ1n) is 7.98. The summed E-state index contributed by atoms with van der Waals surface area (Å²) in [6, 6.07) is 5.13. The summed E-state index contributed by atoms with van der Waals surface area (Å²) in [4.78, 5) is 25.4. The maximum atomic E-state index is 12.3. The summed E-state index contributed by atoms with van der Waals surface area (Å²) in [5, 5.41) is 0.408. The number of nitrogens with zero attached hydrogens (tertiary/aromatic N) is 4. The van der Waals surface area contributed by atoms with Crippen LogP contribution in [-0.4, -0.2) is 40.0 Å². The molecular weight excluding hydrogens is 340 g/mol. The highest BCUT2D eigenvalue weighted by Crippen LogP contribution is 2.50. The van der Waals surface area contributed by atoms with Gasteiger partial charge in [-0.25, -0.2) is 9.83 Å². The zero-order valence-corrected chi connectivity index (χ0v) is 14.1. The Bertz CT molecular complexity index is 851. The van der Waals surface area contributed by atoms with Gasteiger partial charge in [-0.2, -0.15) is 0 Å². The second-order valence-electron chi connectivity index (χ2n) is 6.62. The number of rotatable bonds is 3. The van der Waals surface area contributed by atoms with Crippen LogP contribution in [0.1, 0.15) is 23.3 Å². The van der Waals surface area contributed by atoms with Gasteiger partial charge in [0.2, 0.25) is 5.69 Å². The maximum absolute atomic E-state index is 12.3. The van der Waals surface area contributed by atoms with Crippen LogP contribution in [0, 0.1) is 12.0 Å². The molecule has 1 saturated carbocycles. The van der Waals surface area contributed by atoms with Crippen molar-refractivity contribution < 1.29 is 9.53 Å². The van der Waals surface area contributed by atoms with Crippen LogP contribution in [0.25, 0.3) is 4.85 Å². The molecule has 1 aromatic heterocycles. The maximum Gasteiger partial charge on any atom is 0.274 e. The third-order valence-electron chi connectivity index (χ3n) is 4.79. The third-order valence-corrected chi connectivity index (χ3v) is 5.09. The predicted molar refractivity (Wildman–Crippen MR) is 91.7 cm³/mol. The molecule has 4 rings (SSSR count). The minimum absolute atomic E-state index is 0.0652. The van der Waals surface area contributed by atoms with Gasteiger partial charge >= 0.3 is 0 Å². The van der Waals surface area contributed by atoms with E-state index in [-0.39, 0.29) is 17.4 Å². The summed E-state index contributed by atoms with van der Waals surface area (Å²) in [6.07, 6.45) is 6.54. The normalized spacial score (nSPS) is 18.2. The van der Waals surface area contributed by atoms with Crippen molar-refractivity contribution in [3.05, 3.63) is 58.9 Å². The molecule has 2 fully saturated rings. The van der Waals surface area contributed by atoms with Crippen LogP contribution in [0.2, 0.25) is 5.02 Å². The van der Waals surface area contributed by atoms with E-state index in [1.165, 1.54) is 12.4 Å². The van der Waals surface area contributed by atoms with Crippen LogP contribution in [0.3, 0.4) is 0 Å². The fourth-order valence-electron chi connectivity index (χ4n) is 3.57. The average molecular weight is 355 g/mol. The number of benzene rings is 1. The number of hydrogen-bond donors (Lipinski definition) is 0. The second kappa shape index (κ2) is 6.01. The highest BCUT2D eigenvalue weighted by molar-refractivity contribution is 6.33. The highest BCUT2D eigenvalue weighted by Gasteiger charge is 2.54. The number of carbonyl (C=O) groups excluding carboxylic acids is 1. The number of likely N-dealkylation sites (tertiary alicyclic amines) is 1. The molecular formula is C18H15ClN4O2. The molecule has 6 nitrogen and oxygen atoms in total. The van der Waals surface area contributed by atoms with Crippen molar-refractivity contribution in [3.8, 4) is 5.75 Å². The van der Waals surface area contributed by atoms with E-state index >= 15 is 0 Å². The number of aromatic nitrogens is 2. The van der Waals surface area contributed by atoms with Crippen molar-refractivity contribution in [3.63, 3.8) is 0 Å². The number of hydrogen-bond acceptors (Lipinski definition) is 4.